The van der Waals surface area contributed by atoms with Gasteiger partial charge in [0.05, 0.1) is 22.1 Å². The van der Waals surface area contributed by atoms with Crippen molar-refractivity contribution in [2.45, 2.75) is 26.8 Å². The van der Waals surface area contributed by atoms with Gasteiger partial charge in [-0.2, -0.15) is 5.10 Å². The lowest BCUT2D eigenvalue weighted by atomic mass is 10.3. The number of hydrogen-bond donors (Lipinski definition) is 1. The molecule has 0 aliphatic carbocycles. The SMILES string of the molecule is CCc1cc(C(=O)Nc2cnc(Cl)c(Br)c2)n(CC)n1. The van der Waals surface area contributed by atoms with E-state index in [1.165, 1.54) is 6.20 Å². The van der Waals surface area contributed by atoms with Gasteiger partial charge in [-0.3, -0.25) is 9.48 Å². The second kappa shape index (κ2) is 6.37. The number of carbonyl (C=O) groups is 1. The summed E-state index contributed by atoms with van der Waals surface area (Å²) in [5, 5.41) is 7.50. The number of anilines is 1. The number of nitrogens with zero attached hydrogens (tertiary/aromatic N) is 3. The molecule has 0 aliphatic rings. The van der Waals surface area contributed by atoms with Crippen LogP contribution in [0.5, 0.6) is 0 Å². The van der Waals surface area contributed by atoms with Gasteiger partial charge in [0.2, 0.25) is 0 Å². The lowest BCUT2D eigenvalue weighted by Crippen LogP contribution is -2.17. The van der Waals surface area contributed by atoms with Crippen LogP contribution in [-0.4, -0.2) is 20.7 Å². The number of aromatic nitrogens is 3. The topological polar surface area (TPSA) is 59.8 Å². The Bertz CT molecular complexity index is 641. The van der Waals surface area contributed by atoms with Gasteiger partial charge in [-0.15, -0.1) is 0 Å². The number of hydrogen-bond acceptors (Lipinski definition) is 3. The summed E-state index contributed by atoms with van der Waals surface area (Å²) in [6.45, 7) is 4.60. The summed E-state index contributed by atoms with van der Waals surface area (Å²) in [6.07, 6.45) is 2.31. The van der Waals surface area contributed by atoms with Crippen LogP contribution in [0.3, 0.4) is 0 Å². The minimum atomic E-state index is -0.213. The number of nitrogens with one attached hydrogen (secondary N) is 1. The normalized spacial score (nSPS) is 10.6. The summed E-state index contributed by atoms with van der Waals surface area (Å²) in [4.78, 5) is 16.2. The zero-order chi connectivity index (χ0) is 14.7. The number of amides is 1. The fourth-order valence-corrected chi connectivity index (χ4v) is 2.20. The van der Waals surface area contributed by atoms with Crippen molar-refractivity contribution in [2.24, 2.45) is 0 Å². The van der Waals surface area contributed by atoms with Gasteiger partial charge < -0.3 is 5.32 Å². The molecule has 5 nitrogen and oxygen atoms in total. The highest BCUT2D eigenvalue weighted by atomic mass is 79.9. The van der Waals surface area contributed by atoms with E-state index in [4.69, 9.17) is 11.6 Å². The van der Waals surface area contributed by atoms with E-state index in [1.54, 1.807) is 16.8 Å². The van der Waals surface area contributed by atoms with E-state index in [0.29, 0.717) is 27.6 Å². The molecule has 2 aromatic heterocycles. The first-order chi connectivity index (χ1) is 9.55. The molecule has 0 spiro atoms. The minimum absolute atomic E-state index is 0.213. The molecule has 20 heavy (non-hydrogen) atoms. The first-order valence-corrected chi connectivity index (χ1v) is 7.41. The summed E-state index contributed by atoms with van der Waals surface area (Å²) in [6, 6.07) is 3.51. The van der Waals surface area contributed by atoms with Crippen LogP contribution in [0.2, 0.25) is 5.15 Å². The van der Waals surface area contributed by atoms with Crippen LogP contribution < -0.4 is 5.32 Å². The van der Waals surface area contributed by atoms with E-state index in [-0.39, 0.29) is 5.91 Å². The highest BCUT2D eigenvalue weighted by Gasteiger charge is 2.14. The van der Waals surface area contributed by atoms with E-state index in [0.717, 1.165) is 12.1 Å². The van der Waals surface area contributed by atoms with Crippen molar-refractivity contribution in [3.8, 4) is 0 Å². The summed E-state index contributed by atoms with van der Waals surface area (Å²) in [7, 11) is 0. The molecule has 0 atom stereocenters. The Labute approximate surface area is 130 Å². The van der Waals surface area contributed by atoms with Crippen molar-refractivity contribution >= 4 is 39.1 Å². The molecule has 106 valence electrons. The van der Waals surface area contributed by atoms with Crippen molar-refractivity contribution in [1.82, 2.24) is 14.8 Å². The average Bonchev–Trinajstić information content (AvgIpc) is 2.86. The van der Waals surface area contributed by atoms with Crippen LogP contribution in [0.1, 0.15) is 30.0 Å². The minimum Gasteiger partial charge on any atom is -0.319 e. The highest BCUT2D eigenvalue weighted by Crippen LogP contribution is 2.23. The fraction of sp³-hybridized carbons (Fsp3) is 0.308. The molecule has 2 heterocycles. The van der Waals surface area contributed by atoms with E-state index >= 15 is 0 Å². The van der Waals surface area contributed by atoms with Gasteiger partial charge in [0.1, 0.15) is 10.8 Å². The van der Waals surface area contributed by atoms with Gasteiger partial charge in [-0.05, 0) is 41.4 Å². The predicted octanol–water partition coefficient (Wildman–Crippen LogP) is 3.53. The van der Waals surface area contributed by atoms with Gasteiger partial charge in [-0.25, -0.2) is 4.98 Å². The number of aryl methyl sites for hydroxylation is 2. The molecule has 0 aliphatic heterocycles. The third-order valence-corrected chi connectivity index (χ3v) is 3.91. The van der Waals surface area contributed by atoms with Crippen LogP contribution in [-0.2, 0) is 13.0 Å². The van der Waals surface area contributed by atoms with Crippen molar-refractivity contribution in [3.63, 3.8) is 0 Å². The molecule has 0 bridgehead atoms. The van der Waals surface area contributed by atoms with Gasteiger partial charge in [-0.1, -0.05) is 18.5 Å². The molecule has 0 fully saturated rings. The summed E-state index contributed by atoms with van der Waals surface area (Å²) in [5.74, 6) is -0.213. The highest BCUT2D eigenvalue weighted by molar-refractivity contribution is 9.10. The molecular weight excluding hydrogens is 344 g/mol. The maximum Gasteiger partial charge on any atom is 0.273 e. The third kappa shape index (κ3) is 3.19. The monoisotopic (exact) mass is 356 g/mol. The van der Waals surface area contributed by atoms with Crippen molar-refractivity contribution in [1.29, 1.82) is 0 Å². The van der Waals surface area contributed by atoms with Crippen molar-refractivity contribution < 1.29 is 4.79 Å². The third-order valence-electron chi connectivity index (χ3n) is 2.78. The van der Waals surface area contributed by atoms with Gasteiger partial charge in [0, 0.05) is 6.54 Å². The Balaban J connectivity index is 2.23. The number of pyridine rings is 1. The zero-order valence-electron chi connectivity index (χ0n) is 11.2. The molecule has 1 amide bonds. The van der Waals surface area contributed by atoms with Gasteiger partial charge >= 0.3 is 0 Å². The van der Waals surface area contributed by atoms with E-state index < -0.39 is 0 Å². The van der Waals surface area contributed by atoms with Crippen LogP contribution in [0.15, 0.2) is 22.8 Å². The van der Waals surface area contributed by atoms with E-state index in [2.05, 4.69) is 31.3 Å². The molecule has 0 radical (unpaired) electrons. The van der Waals surface area contributed by atoms with Crippen molar-refractivity contribution in [3.05, 3.63) is 39.3 Å². The molecule has 0 aromatic carbocycles. The summed E-state index contributed by atoms with van der Waals surface area (Å²) in [5.41, 5.74) is 2.01. The second-order valence-corrected chi connectivity index (χ2v) is 5.35. The van der Waals surface area contributed by atoms with E-state index in [1.807, 2.05) is 13.8 Å². The quantitative estimate of drug-likeness (QED) is 0.852. The maximum atomic E-state index is 12.3. The Morgan fingerprint density at radius 2 is 2.20 bits per heavy atom. The maximum absolute atomic E-state index is 12.3. The van der Waals surface area contributed by atoms with Crippen LogP contribution in [0.25, 0.3) is 0 Å². The van der Waals surface area contributed by atoms with Crippen LogP contribution in [0.4, 0.5) is 5.69 Å². The molecule has 0 saturated carbocycles. The summed E-state index contributed by atoms with van der Waals surface area (Å²) >= 11 is 9.09. The lowest BCUT2D eigenvalue weighted by molar-refractivity contribution is 0.101. The molecule has 1 N–H and O–H groups in total. The predicted molar refractivity (Wildman–Crippen MR) is 82.2 cm³/mol. The second-order valence-electron chi connectivity index (χ2n) is 4.14. The summed E-state index contributed by atoms with van der Waals surface area (Å²) < 4.78 is 2.32. The molecule has 7 heteroatoms. The largest absolute Gasteiger partial charge is 0.319 e. The molecule has 0 saturated heterocycles. The first kappa shape index (κ1) is 15.0. The molecular formula is C13H14BrClN4O. The van der Waals surface area contributed by atoms with Gasteiger partial charge in [0.15, 0.2) is 0 Å². The smallest absolute Gasteiger partial charge is 0.273 e. The van der Waals surface area contributed by atoms with E-state index in [9.17, 15) is 4.79 Å². The number of carbonyl (C=O) groups excluding carboxylic acids is 1. The average molecular weight is 358 g/mol. The van der Waals surface area contributed by atoms with Crippen LogP contribution in [0, 0.1) is 0 Å². The molecule has 2 rings (SSSR count). The Morgan fingerprint density at radius 3 is 2.80 bits per heavy atom. The molecule has 0 unspecified atom stereocenters. The Kier molecular flexibility index (Phi) is 4.77. The standard InChI is InChI=1S/C13H14BrClN4O/c1-3-8-6-11(19(4-2)18-8)13(20)17-9-5-10(14)12(15)16-7-9/h5-7H,3-4H2,1-2H3,(H,17,20). The zero-order valence-corrected chi connectivity index (χ0v) is 13.5. The fourth-order valence-electron chi connectivity index (χ4n) is 1.75. The first-order valence-electron chi connectivity index (χ1n) is 6.24. The Hall–Kier alpha value is -1.40. The Morgan fingerprint density at radius 1 is 1.45 bits per heavy atom. The lowest BCUT2D eigenvalue weighted by Gasteiger charge is -2.07. The van der Waals surface area contributed by atoms with Gasteiger partial charge in [0.25, 0.3) is 5.91 Å². The molecule has 2 aromatic rings. The van der Waals surface area contributed by atoms with Crippen LogP contribution >= 0.6 is 27.5 Å². The number of halogens is 2. The van der Waals surface area contributed by atoms with Crippen molar-refractivity contribution in [2.75, 3.05) is 5.32 Å². The number of rotatable bonds is 4.